The van der Waals surface area contributed by atoms with Gasteiger partial charge in [-0.15, -0.1) is 0 Å². The van der Waals surface area contributed by atoms with Crippen molar-refractivity contribution >= 4 is 5.91 Å². The van der Waals surface area contributed by atoms with Crippen molar-refractivity contribution in [3.8, 4) is 0 Å². The summed E-state index contributed by atoms with van der Waals surface area (Å²) in [5.41, 5.74) is 4.84. The lowest BCUT2D eigenvalue weighted by molar-refractivity contribution is -0.147. The van der Waals surface area contributed by atoms with Crippen molar-refractivity contribution < 1.29 is 9.90 Å². The molecule has 3 aliphatic rings. The van der Waals surface area contributed by atoms with Gasteiger partial charge in [0.05, 0.1) is 0 Å². The largest absolute Gasteiger partial charge is 0.375 e. The van der Waals surface area contributed by atoms with Crippen LogP contribution in [0, 0.1) is 38.5 Å². The number of carbonyl (C=O) groups is 1. The zero-order valence-corrected chi connectivity index (χ0v) is 19.6. The Morgan fingerprint density at radius 3 is 2.22 bits per heavy atom. The van der Waals surface area contributed by atoms with Crippen molar-refractivity contribution in [3.63, 3.8) is 0 Å². The number of fused-ring (bicyclic) bond motifs is 1. The number of aliphatic hydroxyl groups is 1. The molecule has 32 heavy (non-hydrogen) atoms. The van der Waals surface area contributed by atoms with Crippen LogP contribution < -0.4 is 5.32 Å². The molecule has 2 aromatic rings. The van der Waals surface area contributed by atoms with Crippen LogP contribution in [0.2, 0.25) is 0 Å². The molecular formula is C28H36N2O2. The zero-order chi connectivity index (χ0) is 22.5. The minimum atomic E-state index is -1.41. The first-order valence-electron chi connectivity index (χ1n) is 12.3. The summed E-state index contributed by atoms with van der Waals surface area (Å²) in [5.74, 6) is 0.835. The normalized spacial score (nSPS) is 27.2. The Kier molecular flexibility index (Phi) is 5.63. The van der Waals surface area contributed by atoms with E-state index < -0.39 is 5.60 Å². The Morgan fingerprint density at radius 2 is 1.62 bits per heavy atom. The van der Waals surface area contributed by atoms with Crippen molar-refractivity contribution in [2.24, 2.45) is 17.8 Å². The number of benzene rings is 2. The monoisotopic (exact) mass is 432 g/mol. The van der Waals surface area contributed by atoms with Crippen LogP contribution in [0.1, 0.15) is 53.5 Å². The van der Waals surface area contributed by atoms with Crippen LogP contribution in [0.25, 0.3) is 0 Å². The first-order valence-corrected chi connectivity index (χ1v) is 12.3. The quantitative estimate of drug-likeness (QED) is 0.718. The van der Waals surface area contributed by atoms with Gasteiger partial charge < -0.3 is 10.4 Å². The summed E-state index contributed by atoms with van der Waals surface area (Å²) < 4.78 is 0. The van der Waals surface area contributed by atoms with E-state index in [1.165, 1.54) is 22.3 Å². The summed E-state index contributed by atoms with van der Waals surface area (Å²) in [6.07, 6.45) is 4.02. The van der Waals surface area contributed by atoms with Gasteiger partial charge in [-0.05, 0) is 67.7 Å². The molecule has 2 aliphatic carbocycles. The molecule has 4 atom stereocenters. The maximum absolute atomic E-state index is 13.5. The highest BCUT2D eigenvalue weighted by molar-refractivity contribution is 5.87. The van der Waals surface area contributed by atoms with E-state index in [2.05, 4.69) is 43.1 Å². The summed E-state index contributed by atoms with van der Waals surface area (Å²) in [6, 6.07) is 14.3. The van der Waals surface area contributed by atoms with Crippen molar-refractivity contribution in [2.45, 2.75) is 64.6 Å². The van der Waals surface area contributed by atoms with Crippen molar-refractivity contribution in [3.05, 3.63) is 70.3 Å². The predicted octanol–water partition coefficient (Wildman–Crippen LogP) is 4.24. The molecule has 1 saturated heterocycles. The van der Waals surface area contributed by atoms with Crippen LogP contribution in [0.15, 0.2) is 42.5 Å². The molecule has 2 unspecified atom stereocenters. The number of likely N-dealkylation sites (tertiary alicyclic amines) is 1. The molecule has 5 rings (SSSR count). The third-order valence-corrected chi connectivity index (χ3v) is 8.30. The van der Waals surface area contributed by atoms with Gasteiger partial charge in [0.25, 0.3) is 5.91 Å². The number of hydrogen-bond donors (Lipinski definition) is 2. The lowest BCUT2D eigenvalue weighted by atomic mass is 9.79. The number of nitrogens with one attached hydrogen (secondary N) is 1. The minimum Gasteiger partial charge on any atom is -0.375 e. The van der Waals surface area contributed by atoms with E-state index in [0.29, 0.717) is 11.8 Å². The van der Waals surface area contributed by atoms with Gasteiger partial charge in [0.1, 0.15) is 0 Å². The molecule has 1 amide bonds. The molecule has 2 saturated carbocycles. The minimum absolute atomic E-state index is 0.00692. The molecule has 0 spiro atoms. The second kappa shape index (κ2) is 8.31. The summed E-state index contributed by atoms with van der Waals surface area (Å²) in [6.45, 7) is 9.61. The standard InChI is InChI=1S/C28H36N2O2/c1-18-13-19(2)23(20(3)14-18)15-30-16-24-25(17-30)26(24)29-27(31)28(32,22-11-7-8-12-22)21-9-5-4-6-10-21/h4-6,9-10,13-14,22,24-26,32H,7-8,11-12,15-17H2,1-3H3,(H,29,31)/t24-,25?,26+,28?/m0/s1. The second-order valence-corrected chi connectivity index (χ2v) is 10.5. The van der Waals surface area contributed by atoms with Gasteiger partial charge in [-0.2, -0.15) is 0 Å². The molecule has 1 heterocycles. The number of hydrogen-bond acceptors (Lipinski definition) is 3. The van der Waals surface area contributed by atoms with Crippen molar-refractivity contribution in [1.82, 2.24) is 10.2 Å². The molecule has 170 valence electrons. The fraction of sp³-hybridized carbons (Fsp3) is 0.536. The van der Waals surface area contributed by atoms with Crippen LogP contribution >= 0.6 is 0 Å². The van der Waals surface area contributed by atoms with E-state index in [1.54, 1.807) is 0 Å². The van der Waals surface area contributed by atoms with E-state index in [-0.39, 0.29) is 17.9 Å². The Hall–Kier alpha value is -2.17. The molecule has 4 nitrogen and oxygen atoms in total. The van der Waals surface area contributed by atoms with Gasteiger partial charge in [-0.25, -0.2) is 0 Å². The molecule has 0 bridgehead atoms. The predicted molar refractivity (Wildman–Crippen MR) is 127 cm³/mol. The van der Waals surface area contributed by atoms with Crippen LogP contribution in [0.5, 0.6) is 0 Å². The Bertz CT molecular complexity index is 963. The first-order chi connectivity index (χ1) is 15.4. The molecule has 4 heteroatoms. The van der Waals surface area contributed by atoms with Crippen molar-refractivity contribution in [2.75, 3.05) is 13.1 Å². The smallest absolute Gasteiger partial charge is 0.257 e. The molecule has 0 radical (unpaired) electrons. The topological polar surface area (TPSA) is 52.6 Å². The number of nitrogens with zero attached hydrogens (tertiary/aromatic N) is 1. The van der Waals surface area contributed by atoms with Gasteiger partial charge in [0, 0.05) is 31.6 Å². The number of amides is 1. The Labute approximate surface area is 192 Å². The molecule has 2 N–H and O–H groups in total. The SMILES string of the molecule is Cc1cc(C)c(CN2CC3[C@H](C2)[C@H]3NC(=O)C(O)(c2ccccc2)C2CCCC2)c(C)c1. The molecular weight excluding hydrogens is 396 g/mol. The summed E-state index contributed by atoms with van der Waals surface area (Å²) in [7, 11) is 0. The summed E-state index contributed by atoms with van der Waals surface area (Å²) in [4.78, 5) is 16.0. The average Bonchev–Trinajstić information content (AvgIpc) is 3.18. The van der Waals surface area contributed by atoms with Gasteiger partial charge in [-0.1, -0.05) is 60.9 Å². The Morgan fingerprint density at radius 1 is 1.03 bits per heavy atom. The van der Waals surface area contributed by atoms with Gasteiger partial charge in [-0.3, -0.25) is 9.69 Å². The molecule has 1 aliphatic heterocycles. The maximum atomic E-state index is 13.5. The number of aryl methyl sites for hydroxylation is 3. The number of piperidine rings is 1. The van der Waals surface area contributed by atoms with Crippen molar-refractivity contribution in [1.29, 1.82) is 0 Å². The van der Waals surface area contributed by atoms with Gasteiger partial charge in [0.15, 0.2) is 5.60 Å². The van der Waals surface area contributed by atoms with Crippen LogP contribution in [0.3, 0.4) is 0 Å². The zero-order valence-electron chi connectivity index (χ0n) is 19.6. The first kappa shape index (κ1) is 21.7. The van der Waals surface area contributed by atoms with Crippen LogP contribution in [0.4, 0.5) is 0 Å². The molecule has 2 aromatic carbocycles. The number of carbonyl (C=O) groups excluding carboxylic acids is 1. The Balaban J connectivity index is 1.24. The van der Waals surface area contributed by atoms with Crippen LogP contribution in [-0.2, 0) is 16.9 Å². The highest BCUT2D eigenvalue weighted by Gasteiger charge is 2.58. The third kappa shape index (κ3) is 3.78. The fourth-order valence-corrected chi connectivity index (χ4v) is 6.49. The number of rotatable bonds is 6. The van der Waals surface area contributed by atoms with Gasteiger partial charge in [0.2, 0.25) is 0 Å². The van der Waals surface area contributed by atoms with Crippen LogP contribution in [-0.4, -0.2) is 35.0 Å². The third-order valence-electron chi connectivity index (χ3n) is 8.30. The molecule has 0 aromatic heterocycles. The summed E-state index contributed by atoms with van der Waals surface area (Å²) >= 11 is 0. The van der Waals surface area contributed by atoms with Gasteiger partial charge >= 0.3 is 0 Å². The maximum Gasteiger partial charge on any atom is 0.257 e. The summed E-state index contributed by atoms with van der Waals surface area (Å²) in [5, 5.41) is 15.0. The fourth-order valence-electron chi connectivity index (χ4n) is 6.49. The van der Waals surface area contributed by atoms with E-state index in [1.807, 2.05) is 30.3 Å². The van der Waals surface area contributed by atoms with E-state index in [0.717, 1.165) is 50.9 Å². The highest BCUT2D eigenvalue weighted by Crippen LogP contribution is 2.47. The average molecular weight is 433 g/mol. The second-order valence-electron chi connectivity index (χ2n) is 10.5. The lowest BCUT2D eigenvalue weighted by Gasteiger charge is -2.33. The van der Waals surface area contributed by atoms with E-state index in [4.69, 9.17) is 0 Å². The van der Waals surface area contributed by atoms with E-state index in [9.17, 15) is 9.90 Å². The lowest BCUT2D eigenvalue weighted by Crippen LogP contribution is -2.50. The van der Waals surface area contributed by atoms with E-state index >= 15 is 0 Å². The molecule has 3 fully saturated rings. The highest BCUT2D eigenvalue weighted by atomic mass is 16.3.